The SMILES string of the molecule is CC1CCC(C)N1C(C)C(=O)NCCc1ccc2cn[nH]c2c1. The number of aromatic amines is 1. The van der Waals surface area contributed by atoms with E-state index in [4.69, 9.17) is 0 Å². The van der Waals surface area contributed by atoms with Crippen molar-refractivity contribution in [2.24, 2.45) is 0 Å². The molecule has 1 aromatic heterocycles. The molecule has 1 amide bonds. The second kappa shape index (κ2) is 6.71. The van der Waals surface area contributed by atoms with Crippen LogP contribution in [0.2, 0.25) is 0 Å². The standard InChI is InChI=1S/C18H26N4O/c1-12-4-5-13(2)22(12)14(3)18(23)19-9-8-15-6-7-16-11-20-21-17(16)10-15/h6-7,10-14H,4-5,8-9H2,1-3H3,(H,19,23)(H,20,21). The van der Waals surface area contributed by atoms with Crippen LogP contribution in [0.4, 0.5) is 0 Å². The maximum absolute atomic E-state index is 12.4. The Balaban J connectivity index is 1.52. The second-order valence-electron chi connectivity index (χ2n) is 6.73. The summed E-state index contributed by atoms with van der Waals surface area (Å²) in [7, 11) is 0. The van der Waals surface area contributed by atoms with E-state index >= 15 is 0 Å². The van der Waals surface area contributed by atoms with Gasteiger partial charge in [-0.3, -0.25) is 14.8 Å². The van der Waals surface area contributed by atoms with Gasteiger partial charge in [0.2, 0.25) is 5.91 Å². The van der Waals surface area contributed by atoms with Crippen LogP contribution in [-0.2, 0) is 11.2 Å². The third-order valence-electron chi connectivity index (χ3n) is 5.07. The van der Waals surface area contributed by atoms with E-state index in [1.165, 1.54) is 18.4 Å². The summed E-state index contributed by atoms with van der Waals surface area (Å²) >= 11 is 0. The van der Waals surface area contributed by atoms with Gasteiger partial charge in [-0.15, -0.1) is 0 Å². The lowest BCUT2D eigenvalue weighted by Gasteiger charge is -2.31. The van der Waals surface area contributed by atoms with Crippen molar-refractivity contribution in [3.8, 4) is 0 Å². The Kier molecular flexibility index (Phi) is 4.66. The van der Waals surface area contributed by atoms with E-state index in [1.54, 1.807) is 0 Å². The van der Waals surface area contributed by atoms with E-state index in [0.29, 0.717) is 18.6 Å². The van der Waals surface area contributed by atoms with Gasteiger partial charge < -0.3 is 5.32 Å². The zero-order valence-electron chi connectivity index (χ0n) is 14.2. The molecule has 2 N–H and O–H groups in total. The molecule has 0 spiro atoms. The number of carbonyl (C=O) groups excluding carboxylic acids is 1. The molecule has 0 saturated carbocycles. The molecular formula is C18H26N4O. The average Bonchev–Trinajstić information content (AvgIpc) is 3.12. The molecule has 1 aliphatic rings. The molecule has 2 heterocycles. The van der Waals surface area contributed by atoms with E-state index in [-0.39, 0.29) is 11.9 Å². The lowest BCUT2D eigenvalue weighted by Crippen LogP contribution is -2.49. The first kappa shape index (κ1) is 16.0. The Labute approximate surface area is 137 Å². The Morgan fingerprint density at radius 1 is 1.39 bits per heavy atom. The van der Waals surface area contributed by atoms with Gasteiger partial charge in [-0.1, -0.05) is 12.1 Å². The van der Waals surface area contributed by atoms with Crippen LogP contribution in [-0.4, -0.2) is 45.7 Å². The van der Waals surface area contributed by atoms with Crippen LogP contribution < -0.4 is 5.32 Å². The predicted molar refractivity (Wildman–Crippen MR) is 92.3 cm³/mol. The van der Waals surface area contributed by atoms with E-state index in [9.17, 15) is 4.79 Å². The van der Waals surface area contributed by atoms with Gasteiger partial charge in [-0.2, -0.15) is 5.10 Å². The summed E-state index contributed by atoms with van der Waals surface area (Å²) in [6.07, 6.45) is 5.02. The Hall–Kier alpha value is -1.88. The summed E-state index contributed by atoms with van der Waals surface area (Å²) in [4.78, 5) is 14.8. The van der Waals surface area contributed by atoms with Crippen LogP contribution in [0.1, 0.15) is 39.2 Å². The van der Waals surface area contributed by atoms with E-state index in [2.05, 4.69) is 52.5 Å². The second-order valence-corrected chi connectivity index (χ2v) is 6.73. The molecule has 1 aromatic carbocycles. The highest BCUT2D eigenvalue weighted by atomic mass is 16.2. The number of likely N-dealkylation sites (tertiary alicyclic amines) is 1. The van der Waals surface area contributed by atoms with Gasteiger partial charge in [0.15, 0.2) is 0 Å². The molecule has 124 valence electrons. The maximum Gasteiger partial charge on any atom is 0.237 e. The first-order valence-electron chi connectivity index (χ1n) is 8.53. The van der Waals surface area contributed by atoms with Crippen LogP contribution in [0.5, 0.6) is 0 Å². The third kappa shape index (κ3) is 3.39. The number of rotatable bonds is 5. The number of aromatic nitrogens is 2. The summed E-state index contributed by atoms with van der Waals surface area (Å²) in [5.74, 6) is 0.133. The summed E-state index contributed by atoms with van der Waals surface area (Å²) in [5, 5.41) is 11.2. The molecule has 2 aromatic rings. The molecule has 0 bridgehead atoms. The van der Waals surface area contributed by atoms with E-state index in [1.807, 2.05) is 13.1 Å². The first-order chi connectivity index (χ1) is 11.1. The number of benzene rings is 1. The Bertz CT molecular complexity index is 670. The number of nitrogens with zero attached hydrogens (tertiary/aromatic N) is 2. The molecule has 1 saturated heterocycles. The van der Waals surface area contributed by atoms with Crippen molar-refractivity contribution in [1.29, 1.82) is 0 Å². The van der Waals surface area contributed by atoms with Crippen LogP contribution in [0.25, 0.3) is 10.9 Å². The van der Waals surface area contributed by atoms with Crippen molar-refractivity contribution < 1.29 is 4.79 Å². The zero-order chi connectivity index (χ0) is 16.4. The summed E-state index contributed by atoms with van der Waals surface area (Å²) < 4.78 is 0. The minimum atomic E-state index is -0.0578. The summed E-state index contributed by atoms with van der Waals surface area (Å²) in [6, 6.07) is 7.19. The fourth-order valence-corrected chi connectivity index (χ4v) is 3.73. The van der Waals surface area contributed by atoms with Gasteiger partial charge in [0, 0.05) is 24.0 Å². The molecule has 5 nitrogen and oxygen atoms in total. The monoisotopic (exact) mass is 314 g/mol. The largest absolute Gasteiger partial charge is 0.354 e. The van der Waals surface area contributed by atoms with Crippen molar-refractivity contribution >= 4 is 16.8 Å². The van der Waals surface area contributed by atoms with Crippen LogP contribution in [0.3, 0.4) is 0 Å². The third-order valence-corrected chi connectivity index (χ3v) is 5.07. The van der Waals surface area contributed by atoms with E-state index < -0.39 is 0 Å². The number of carbonyl (C=O) groups is 1. The highest BCUT2D eigenvalue weighted by Gasteiger charge is 2.34. The number of hydrogen-bond donors (Lipinski definition) is 2. The predicted octanol–water partition coefficient (Wildman–Crippen LogP) is 2.48. The molecule has 0 radical (unpaired) electrons. The van der Waals surface area contributed by atoms with Gasteiger partial charge in [0.05, 0.1) is 17.8 Å². The molecule has 1 fully saturated rings. The van der Waals surface area contributed by atoms with Crippen molar-refractivity contribution in [2.45, 2.75) is 58.2 Å². The van der Waals surface area contributed by atoms with Gasteiger partial charge in [-0.25, -0.2) is 0 Å². The molecule has 3 unspecified atom stereocenters. The van der Waals surface area contributed by atoms with Crippen LogP contribution >= 0.6 is 0 Å². The number of nitrogens with one attached hydrogen (secondary N) is 2. The van der Waals surface area contributed by atoms with Gasteiger partial charge in [0.25, 0.3) is 0 Å². The first-order valence-corrected chi connectivity index (χ1v) is 8.53. The smallest absolute Gasteiger partial charge is 0.237 e. The molecule has 23 heavy (non-hydrogen) atoms. The van der Waals surface area contributed by atoms with Crippen molar-refractivity contribution in [3.05, 3.63) is 30.0 Å². The van der Waals surface area contributed by atoms with Crippen LogP contribution in [0, 0.1) is 0 Å². The number of fused-ring (bicyclic) bond motifs is 1. The molecule has 3 rings (SSSR count). The fraction of sp³-hybridized carbons (Fsp3) is 0.556. The quantitative estimate of drug-likeness (QED) is 0.891. The highest BCUT2D eigenvalue weighted by Crippen LogP contribution is 2.25. The maximum atomic E-state index is 12.4. The zero-order valence-corrected chi connectivity index (χ0v) is 14.2. The molecular weight excluding hydrogens is 288 g/mol. The summed E-state index contributed by atoms with van der Waals surface area (Å²) in [5.41, 5.74) is 2.25. The Morgan fingerprint density at radius 2 is 2.13 bits per heavy atom. The van der Waals surface area contributed by atoms with Crippen molar-refractivity contribution in [1.82, 2.24) is 20.4 Å². The average molecular weight is 314 g/mol. The topological polar surface area (TPSA) is 61.0 Å². The fourth-order valence-electron chi connectivity index (χ4n) is 3.73. The minimum Gasteiger partial charge on any atom is -0.354 e. The van der Waals surface area contributed by atoms with Gasteiger partial charge in [-0.05, 0) is 51.7 Å². The summed E-state index contributed by atoms with van der Waals surface area (Å²) in [6.45, 7) is 7.11. The molecule has 5 heteroatoms. The molecule has 3 atom stereocenters. The number of H-pyrrole nitrogens is 1. The van der Waals surface area contributed by atoms with Gasteiger partial charge in [0.1, 0.15) is 0 Å². The highest BCUT2D eigenvalue weighted by molar-refractivity contribution is 5.81. The van der Waals surface area contributed by atoms with Gasteiger partial charge >= 0.3 is 0 Å². The Morgan fingerprint density at radius 3 is 2.87 bits per heavy atom. The van der Waals surface area contributed by atoms with E-state index in [0.717, 1.165) is 17.3 Å². The molecule has 1 aliphatic heterocycles. The van der Waals surface area contributed by atoms with Crippen LogP contribution in [0.15, 0.2) is 24.4 Å². The normalized spacial score (nSPS) is 23.3. The lowest BCUT2D eigenvalue weighted by atomic mass is 10.1. The number of amides is 1. The number of hydrogen-bond acceptors (Lipinski definition) is 3. The van der Waals surface area contributed by atoms with Crippen molar-refractivity contribution in [3.63, 3.8) is 0 Å². The van der Waals surface area contributed by atoms with Crippen molar-refractivity contribution in [2.75, 3.05) is 6.54 Å². The molecule has 0 aliphatic carbocycles. The lowest BCUT2D eigenvalue weighted by molar-refractivity contribution is -0.126. The minimum absolute atomic E-state index is 0.0578.